The fourth-order valence-electron chi connectivity index (χ4n) is 2.28. The number of benzene rings is 1. The molecule has 1 aromatic carbocycles. The molecule has 3 N–H and O–H groups in total. The van der Waals surface area contributed by atoms with Gasteiger partial charge in [0.05, 0.1) is 13.7 Å². The van der Waals surface area contributed by atoms with E-state index in [0.717, 1.165) is 12.8 Å². The number of nitrogens with one attached hydrogen (secondary N) is 3. The molecule has 0 radical (unpaired) electrons. The van der Waals surface area contributed by atoms with Crippen molar-refractivity contribution in [1.29, 1.82) is 0 Å². The monoisotopic (exact) mass is 379 g/mol. The zero-order chi connectivity index (χ0) is 20.4. The summed E-state index contributed by atoms with van der Waals surface area (Å²) in [4.78, 5) is 35.7. The first-order valence-corrected chi connectivity index (χ1v) is 8.98. The number of methoxy groups -OCH3 is 1. The van der Waals surface area contributed by atoms with Crippen molar-refractivity contribution in [2.24, 2.45) is 5.92 Å². The third-order valence-electron chi connectivity index (χ3n) is 3.79. The normalized spacial score (nSPS) is 11.5. The summed E-state index contributed by atoms with van der Waals surface area (Å²) in [5.74, 6) is -0.475. The van der Waals surface area contributed by atoms with Gasteiger partial charge in [-0.1, -0.05) is 27.2 Å². The maximum absolute atomic E-state index is 12.3. The number of amides is 3. The van der Waals surface area contributed by atoms with Crippen LogP contribution in [-0.4, -0.2) is 37.5 Å². The van der Waals surface area contributed by atoms with Crippen molar-refractivity contribution >= 4 is 17.7 Å². The fraction of sp³-hybridized carbons (Fsp3) is 0.526. The molecule has 27 heavy (non-hydrogen) atoms. The third-order valence-corrected chi connectivity index (χ3v) is 3.79. The first-order valence-electron chi connectivity index (χ1n) is 8.98. The van der Waals surface area contributed by atoms with Crippen molar-refractivity contribution < 1.29 is 23.9 Å². The molecule has 0 spiro atoms. The van der Waals surface area contributed by atoms with Gasteiger partial charge in [0.15, 0.2) is 11.5 Å². The van der Waals surface area contributed by atoms with E-state index in [4.69, 9.17) is 9.47 Å². The summed E-state index contributed by atoms with van der Waals surface area (Å²) in [5, 5.41) is 2.55. The lowest BCUT2D eigenvalue weighted by Crippen LogP contribution is -2.54. The van der Waals surface area contributed by atoms with Crippen LogP contribution >= 0.6 is 0 Å². The molecule has 3 amide bonds. The molecule has 0 aromatic heterocycles. The average Bonchev–Trinajstić information content (AvgIpc) is 2.63. The van der Waals surface area contributed by atoms with Crippen LogP contribution in [0.2, 0.25) is 0 Å². The fourth-order valence-corrected chi connectivity index (χ4v) is 2.28. The second kappa shape index (κ2) is 11.1. The molecule has 0 saturated heterocycles. The Labute approximate surface area is 160 Å². The van der Waals surface area contributed by atoms with E-state index in [1.165, 1.54) is 20.1 Å². The molecule has 0 aliphatic rings. The highest BCUT2D eigenvalue weighted by atomic mass is 16.5. The second-order valence-corrected chi connectivity index (χ2v) is 6.43. The van der Waals surface area contributed by atoms with Crippen LogP contribution in [-0.2, 0) is 9.59 Å². The Morgan fingerprint density at radius 2 is 1.81 bits per heavy atom. The summed E-state index contributed by atoms with van der Waals surface area (Å²) in [6, 6.07) is 4.03. The van der Waals surface area contributed by atoms with E-state index in [0.29, 0.717) is 23.7 Å². The number of unbranched alkanes of at least 4 members (excludes halogenated alkanes) is 1. The molecule has 0 saturated carbocycles. The molecule has 0 fully saturated rings. The van der Waals surface area contributed by atoms with E-state index >= 15 is 0 Å². The molecule has 0 bridgehead atoms. The molecule has 0 aliphatic carbocycles. The Hall–Kier alpha value is -2.77. The van der Waals surface area contributed by atoms with Gasteiger partial charge < -0.3 is 14.8 Å². The number of hydrogen-bond acceptors (Lipinski definition) is 5. The third kappa shape index (κ3) is 7.16. The van der Waals surface area contributed by atoms with Crippen molar-refractivity contribution in [2.75, 3.05) is 13.7 Å². The molecule has 1 aromatic rings. The number of carbonyl (C=O) groups is 3. The van der Waals surface area contributed by atoms with Crippen LogP contribution in [0.3, 0.4) is 0 Å². The van der Waals surface area contributed by atoms with Gasteiger partial charge in [0.25, 0.3) is 11.8 Å². The van der Waals surface area contributed by atoms with Gasteiger partial charge in [-0.15, -0.1) is 0 Å². The summed E-state index contributed by atoms with van der Waals surface area (Å²) in [5.41, 5.74) is 4.98. The Morgan fingerprint density at radius 3 is 2.37 bits per heavy atom. The van der Waals surface area contributed by atoms with Gasteiger partial charge >= 0.3 is 0 Å². The summed E-state index contributed by atoms with van der Waals surface area (Å²) < 4.78 is 10.9. The topological polar surface area (TPSA) is 106 Å². The van der Waals surface area contributed by atoms with Gasteiger partial charge in [0.2, 0.25) is 5.91 Å². The first-order chi connectivity index (χ1) is 12.8. The summed E-state index contributed by atoms with van der Waals surface area (Å²) in [6.45, 7) is 7.55. The molecule has 0 aliphatic heterocycles. The van der Waals surface area contributed by atoms with Crippen LogP contribution in [0.4, 0.5) is 0 Å². The van der Waals surface area contributed by atoms with Crippen molar-refractivity contribution in [2.45, 2.75) is 46.6 Å². The van der Waals surface area contributed by atoms with Gasteiger partial charge in [-0.2, -0.15) is 0 Å². The molecule has 1 unspecified atom stereocenters. The minimum absolute atomic E-state index is 0.134. The smallest absolute Gasteiger partial charge is 0.269 e. The van der Waals surface area contributed by atoms with E-state index in [-0.39, 0.29) is 11.8 Å². The molecular weight excluding hydrogens is 350 g/mol. The Bertz CT molecular complexity index is 661. The molecular formula is C19H29N3O5. The van der Waals surface area contributed by atoms with E-state index in [9.17, 15) is 14.4 Å². The second-order valence-electron chi connectivity index (χ2n) is 6.43. The van der Waals surface area contributed by atoms with Gasteiger partial charge in [-0.05, 0) is 30.5 Å². The molecule has 1 atom stereocenters. The SMILES string of the molecule is CCCCOc1ccc(C(=O)NNC(=O)C(NC(C)=O)C(C)C)cc1OC. The van der Waals surface area contributed by atoms with Gasteiger partial charge in [0.1, 0.15) is 6.04 Å². The molecule has 0 heterocycles. The molecule has 150 valence electrons. The number of hydrazine groups is 1. The van der Waals surface area contributed by atoms with E-state index < -0.39 is 17.9 Å². The van der Waals surface area contributed by atoms with Gasteiger partial charge in [-0.25, -0.2) is 0 Å². The maximum atomic E-state index is 12.3. The Balaban J connectivity index is 2.73. The maximum Gasteiger partial charge on any atom is 0.269 e. The molecule has 8 heteroatoms. The summed E-state index contributed by atoms with van der Waals surface area (Å²) in [7, 11) is 1.49. The Morgan fingerprint density at radius 1 is 1.11 bits per heavy atom. The van der Waals surface area contributed by atoms with Crippen LogP contribution in [0.25, 0.3) is 0 Å². The van der Waals surface area contributed by atoms with Crippen molar-refractivity contribution in [3.05, 3.63) is 23.8 Å². The van der Waals surface area contributed by atoms with Crippen LogP contribution in [0, 0.1) is 5.92 Å². The number of hydrogen-bond donors (Lipinski definition) is 3. The predicted octanol–water partition coefficient (Wildman–Crippen LogP) is 1.80. The van der Waals surface area contributed by atoms with E-state index in [1.54, 1.807) is 26.0 Å². The number of rotatable bonds is 9. The van der Waals surface area contributed by atoms with Crippen LogP contribution in [0.1, 0.15) is 50.9 Å². The summed E-state index contributed by atoms with van der Waals surface area (Å²) in [6.07, 6.45) is 1.93. The quantitative estimate of drug-likeness (QED) is 0.448. The first kappa shape index (κ1) is 22.3. The van der Waals surface area contributed by atoms with Crippen LogP contribution in [0.15, 0.2) is 18.2 Å². The molecule has 1 rings (SSSR count). The average molecular weight is 379 g/mol. The standard InChI is InChI=1S/C19H29N3O5/c1-6-7-10-27-15-9-8-14(11-16(15)26-5)18(24)21-22-19(25)17(12(2)3)20-13(4)23/h8-9,11-12,17H,6-7,10H2,1-5H3,(H,20,23)(H,21,24)(H,22,25). The summed E-state index contributed by atoms with van der Waals surface area (Å²) >= 11 is 0. The van der Waals surface area contributed by atoms with Gasteiger partial charge in [0, 0.05) is 12.5 Å². The highest BCUT2D eigenvalue weighted by molar-refractivity contribution is 5.96. The zero-order valence-corrected chi connectivity index (χ0v) is 16.5. The van der Waals surface area contributed by atoms with Crippen molar-refractivity contribution in [1.82, 2.24) is 16.2 Å². The largest absolute Gasteiger partial charge is 0.493 e. The highest BCUT2D eigenvalue weighted by Crippen LogP contribution is 2.28. The number of carbonyl (C=O) groups excluding carboxylic acids is 3. The van der Waals surface area contributed by atoms with E-state index in [1.807, 2.05) is 0 Å². The Kier molecular flexibility index (Phi) is 9.12. The van der Waals surface area contributed by atoms with E-state index in [2.05, 4.69) is 23.1 Å². The number of ether oxygens (including phenoxy) is 2. The molecule has 8 nitrogen and oxygen atoms in total. The predicted molar refractivity (Wildman–Crippen MR) is 101 cm³/mol. The van der Waals surface area contributed by atoms with Crippen LogP contribution < -0.4 is 25.6 Å². The van der Waals surface area contributed by atoms with Crippen LogP contribution in [0.5, 0.6) is 11.5 Å². The minimum atomic E-state index is -0.744. The zero-order valence-electron chi connectivity index (χ0n) is 16.5. The lowest BCUT2D eigenvalue weighted by Gasteiger charge is -2.21. The van der Waals surface area contributed by atoms with Crippen molar-refractivity contribution in [3.8, 4) is 11.5 Å². The van der Waals surface area contributed by atoms with Crippen molar-refractivity contribution in [3.63, 3.8) is 0 Å². The minimum Gasteiger partial charge on any atom is -0.493 e. The van der Waals surface area contributed by atoms with Gasteiger partial charge in [-0.3, -0.25) is 25.2 Å². The lowest BCUT2D eigenvalue weighted by molar-refractivity contribution is -0.129. The lowest BCUT2D eigenvalue weighted by atomic mass is 10.0. The highest BCUT2D eigenvalue weighted by Gasteiger charge is 2.23.